The molecule has 1 saturated heterocycles. The average molecular weight is 321 g/mol. The first-order valence-electron chi connectivity index (χ1n) is 7.29. The molecular weight excluding hydrogens is 305 g/mol. The van der Waals surface area contributed by atoms with Gasteiger partial charge in [-0.1, -0.05) is 0 Å². The number of nitrogens with zero attached hydrogens (tertiary/aromatic N) is 2. The summed E-state index contributed by atoms with van der Waals surface area (Å²) in [5, 5.41) is 9.12. The van der Waals surface area contributed by atoms with Crippen LogP contribution in [0.25, 0.3) is 11.0 Å². The van der Waals surface area contributed by atoms with Crippen molar-refractivity contribution in [1.29, 1.82) is 0 Å². The van der Waals surface area contributed by atoms with E-state index in [4.69, 9.17) is 9.84 Å². The van der Waals surface area contributed by atoms with E-state index in [9.17, 15) is 14.0 Å². The van der Waals surface area contributed by atoms with E-state index in [2.05, 4.69) is 9.97 Å². The Morgan fingerprint density at radius 2 is 2.13 bits per heavy atom. The molecular formula is C15H16FN3O4. The van der Waals surface area contributed by atoms with Crippen LogP contribution in [-0.2, 0) is 9.53 Å². The number of ether oxygens (including phenoxy) is 1. The second kappa shape index (κ2) is 6.33. The number of rotatable bonds is 4. The van der Waals surface area contributed by atoms with Crippen LogP contribution in [0.15, 0.2) is 18.5 Å². The van der Waals surface area contributed by atoms with E-state index >= 15 is 0 Å². The highest BCUT2D eigenvalue weighted by Crippen LogP contribution is 2.22. The lowest BCUT2D eigenvalue weighted by Crippen LogP contribution is -2.46. The molecule has 1 aliphatic heterocycles. The molecule has 8 heteroatoms. The molecule has 122 valence electrons. The fraction of sp³-hybridized carbons (Fsp3) is 0.400. The highest BCUT2D eigenvalue weighted by Gasteiger charge is 2.30. The number of hydrogen-bond donors (Lipinski definition) is 2. The zero-order valence-corrected chi connectivity index (χ0v) is 12.3. The summed E-state index contributed by atoms with van der Waals surface area (Å²) in [5.74, 6) is -2.22. The van der Waals surface area contributed by atoms with Crippen molar-refractivity contribution in [2.75, 3.05) is 19.8 Å². The summed E-state index contributed by atoms with van der Waals surface area (Å²) in [4.78, 5) is 32.1. The third-order valence-corrected chi connectivity index (χ3v) is 3.92. The number of nitrogens with one attached hydrogen (secondary N) is 1. The molecule has 0 spiro atoms. The number of carboxylic acid groups (broad SMARTS) is 1. The summed E-state index contributed by atoms with van der Waals surface area (Å²) in [6.07, 6.45) is 2.48. The van der Waals surface area contributed by atoms with Gasteiger partial charge in [-0.05, 0) is 25.0 Å². The largest absolute Gasteiger partial charge is 0.480 e. The maximum atomic E-state index is 13.7. The summed E-state index contributed by atoms with van der Waals surface area (Å²) in [6, 6.07) is 2.10. The van der Waals surface area contributed by atoms with E-state index in [1.807, 2.05) is 0 Å². The van der Waals surface area contributed by atoms with E-state index in [0.717, 1.165) is 6.07 Å². The molecule has 0 radical (unpaired) electrons. The molecule has 0 saturated carbocycles. The molecule has 7 nitrogen and oxygen atoms in total. The number of carbonyl (C=O) groups is 2. The first-order valence-corrected chi connectivity index (χ1v) is 7.29. The minimum atomic E-state index is -1.11. The Hall–Kier alpha value is -2.48. The maximum Gasteiger partial charge on any atom is 0.323 e. The molecule has 0 atom stereocenters. The minimum absolute atomic E-state index is 0.0639. The third-order valence-electron chi connectivity index (χ3n) is 3.92. The van der Waals surface area contributed by atoms with Gasteiger partial charge in [-0.25, -0.2) is 9.37 Å². The van der Waals surface area contributed by atoms with Gasteiger partial charge in [-0.2, -0.15) is 0 Å². The van der Waals surface area contributed by atoms with Gasteiger partial charge >= 0.3 is 5.97 Å². The molecule has 23 heavy (non-hydrogen) atoms. The van der Waals surface area contributed by atoms with E-state index in [1.54, 1.807) is 0 Å². The Morgan fingerprint density at radius 3 is 2.83 bits per heavy atom. The van der Waals surface area contributed by atoms with E-state index < -0.39 is 24.2 Å². The highest BCUT2D eigenvalue weighted by atomic mass is 19.1. The Labute approximate surface area is 131 Å². The van der Waals surface area contributed by atoms with Gasteiger partial charge in [0.05, 0.1) is 17.4 Å². The van der Waals surface area contributed by atoms with Crippen LogP contribution < -0.4 is 0 Å². The summed E-state index contributed by atoms with van der Waals surface area (Å²) in [5.41, 5.74) is 0.795. The lowest BCUT2D eigenvalue weighted by molar-refractivity contribution is -0.138. The van der Waals surface area contributed by atoms with Crippen molar-refractivity contribution in [3.8, 4) is 0 Å². The molecule has 2 N–H and O–H groups in total. The van der Waals surface area contributed by atoms with Crippen LogP contribution in [0.2, 0.25) is 0 Å². The Kier molecular flexibility index (Phi) is 4.24. The first kappa shape index (κ1) is 15.4. The van der Waals surface area contributed by atoms with Crippen molar-refractivity contribution >= 4 is 22.9 Å². The predicted octanol–water partition coefficient (Wildman–Crippen LogP) is 1.41. The highest BCUT2D eigenvalue weighted by molar-refractivity contribution is 6.05. The molecule has 0 bridgehead atoms. The number of imidazole rings is 1. The molecule has 1 fully saturated rings. The first-order chi connectivity index (χ1) is 11.1. The van der Waals surface area contributed by atoms with Crippen LogP contribution in [0.3, 0.4) is 0 Å². The zero-order chi connectivity index (χ0) is 16.4. The normalized spacial score (nSPS) is 15.7. The SMILES string of the molecule is O=C(O)CN(C(=O)c1cc(F)cc2[nH]cnc12)C1CCOCC1. The van der Waals surface area contributed by atoms with Crippen LogP contribution >= 0.6 is 0 Å². The molecule has 1 amide bonds. The summed E-state index contributed by atoms with van der Waals surface area (Å²) in [7, 11) is 0. The van der Waals surface area contributed by atoms with Crippen LogP contribution in [-0.4, -0.2) is 57.7 Å². The van der Waals surface area contributed by atoms with E-state index in [-0.39, 0.29) is 11.6 Å². The van der Waals surface area contributed by atoms with E-state index in [0.29, 0.717) is 37.1 Å². The number of carbonyl (C=O) groups excluding carboxylic acids is 1. The van der Waals surface area contributed by atoms with Gasteiger partial charge in [0.25, 0.3) is 5.91 Å². The Morgan fingerprint density at radius 1 is 1.39 bits per heavy atom. The Balaban J connectivity index is 1.98. The summed E-state index contributed by atoms with van der Waals surface area (Å²) >= 11 is 0. The zero-order valence-electron chi connectivity index (χ0n) is 12.3. The van der Waals surface area contributed by atoms with Gasteiger partial charge in [0.15, 0.2) is 0 Å². The molecule has 2 heterocycles. The van der Waals surface area contributed by atoms with Gasteiger partial charge < -0.3 is 19.7 Å². The van der Waals surface area contributed by atoms with Crippen molar-refractivity contribution in [2.24, 2.45) is 0 Å². The number of hydrogen-bond acceptors (Lipinski definition) is 4. The average Bonchev–Trinajstić information content (AvgIpc) is 3.00. The molecule has 2 aromatic rings. The monoisotopic (exact) mass is 321 g/mol. The predicted molar refractivity (Wildman–Crippen MR) is 78.6 cm³/mol. The second-order valence-electron chi connectivity index (χ2n) is 5.42. The second-order valence-corrected chi connectivity index (χ2v) is 5.42. The van der Waals surface area contributed by atoms with Gasteiger partial charge in [0.1, 0.15) is 17.9 Å². The maximum absolute atomic E-state index is 13.7. The lowest BCUT2D eigenvalue weighted by atomic mass is 10.0. The fourth-order valence-electron chi connectivity index (χ4n) is 2.84. The molecule has 1 aromatic carbocycles. The fourth-order valence-corrected chi connectivity index (χ4v) is 2.84. The Bertz CT molecular complexity index is 739. The van der Waals surface area contributed by atoms with Crippen molar-refractivity contribution in [1.82, 2.24) is 14.9 Å². The van der Waals surface area contributed by atoms with Gasteiger partial charge in [-0.15, -0.1) is 0 Å². The van der Waals surface area contributed by atoms with Gasteiger partial charge in [0.2, 0.25) is 0 Å². The number of aliphatic carboxylic acids is 1. The number of H-pyrrole nitrogens is 1. The smallest absolute Gasteiger partial charge is 0.323 e. The van der Waals surface area contributed by atoms with Crippen molar-refractivity contribution in [3.63, 3.8) is 0 Å². The number of halogens is 1. The van der Waals surface area contributed by atoms with Crippen LogP contribution in [0.1, 0.15) is 23.2 Å². The number of carboxylic acids is 1. The summed E-state index contributed by atoms with van der Waals surface area (Å²) in [6.45, 7) is 0.496. The minimum Gasteiger partial charge on any atom is -0.480 e. The number of fused-ring (bicyclic) bond motifs is 1. The van der Waals surface area contributed by atoms with Crippen LogP contribution in [0.4, 0.5) is 4.39 Å². The van der Waals surface area contributed by atoms with E-state index in [1.165, 1.54) is 17.3 Å². The van der Waals surface area contributed by atoms with Crippen LogP contribution in [0.5, 0.6) is 0 Å². The number of amides is 1. The molecule has 1 aromatic heterocycles. The lowest BCUT2D eigenvalue weighted by Gasteiger charge is -2.33. The van der Waals surface area contributed by atoms with Gasteiger partial charge in [0, 0.05) is 19.3 Å². The third kappa shape index (κ3) is 3.16. The van der Waals surface area contributed by atoms with Crippen LogP contribution in [0, 0.1) is 5.82 Å². The molecule has 1 aliphatic rings. The standard InChI is InChI=1S/C15H16FN3O4/c16-9-5-11(14-12(6-9)17-8-18-14)15(22)19(7-13(20)21)10-1-3-23-4-2-10/h5-6,8,10H,1-4,7H2,(H,17,18)(H,20,21). The topological polar surface area (TPSA) is 95.5 Å². The van der Waals surface area contributed by atoms with Crippen molar-refractivity contribution in [2.45, 2.75) is 18.9 Å². The number of aromatic amines is 1. The number of aromatic nitrogens is 2. The quantitative estimate of drug-likeness (QED) is 0.887. The molecule has 0 aliphatic carbocycles. The van der Waals surface area contributed by atoms with Gasteiger partial charge in [-0.3, -0.25) is 9.59 Å². The van der Waals surface area contributed by atoms with Crippen molar-refractivity contribution in [3.05, 3.63) is 29.8 Å². The molecule has 3 rings (SSSR count). The van der Waals surface area contributed by atoms with Crippen molar-refractivity contribution < 1.29 is 23.8 Å². The number of benzene rings is 1. The summed E-state index contributed by atoms with van der Waals surface area (Å²) < 4.78 is 19.0. The molecule has 0 unspecified atom stereocenters.